The molecule has 0 amide bonds. The Bertz CT molecular complexity index is 313. The Kier molecular flexibility index (Phi) is 3.19. The average Bonchev–Trinajstić information content (AvgIpc) is 2.31. The van der Waals surface area contributed by atoms with Crippen LogP contribution in [0.4, 0.5) is 0 Å². The SMILES string of the molecule is CC(C)Cc1c(O)c(C(C)C)nn1C. The first kappa shape index (κ1) is 11.1. The van der Waals surface area contributed by atoms with E-state index in [9.17, 15) is 5.11 Å². The molecule has 0 aromatic carbocycles. The Balaban J connectivity index is 3.05. The quantitative estimate of drug-likeness (QED) is 0.806. The predicted molar refractivity (Wildman–Crippen MR) is 57.5 cm³/mol. The number of hydrogen-bond donors (Lipinski definition) is 1. The summed E-state index contributed by atoms with van der Waals surface area (Å²) in [7, 11) is 1.89. The normalized spacial score (nSPS) is 11.6. The van der Waals surface area contributed by atoms with Gasteiger partial charge in [0.15, 0.2) is 5.75 Å². The van der Waals surface area contributed by atoms with E-state index >= 15 is 0 Å². The Hall–Kier alpha value is -0.990. The minimum absolute atomic E-state index is 0.280. The summed E-state index contributed by atoms with van der Waals surface area (Å²) < 4.78 is 1.80. The molecule has 1 heterocycles. The monoisotopic (exact) mass is 196 g/mol. The van der Waals surface area contributed by atoms with Crippen molar-refractivity contribution in [2.45, 2.75) is 40.0 Å². The Labute approximate surface area is 85.8 Å². The average molecular weight is 196 g/mol. The van der Waals surface area contributed by atoms with Crippen molar-refractivity contribution < 1.29 is 5.11 Å². The van der Waals surface area contributed by atoms with Gasteiger partial charge in [-0.3, -0.25) is 4.68 Å². The topological polar surface area (TPSA) is 38.1 Å². The van der Waals surface area contributed by atoms with Gasteiger partial charge < -0.3 is 5.11 Å². The second-order valence-electron chi connectivity index (χ2n) is 4.56. The summed E-state index contributed by atoms with van der Waals surface area (Å²) in [6.07, 6.45) is 0.877. The Morgan fingerprint density at radius 2 is 1.86 bits per heavy atom. The van der Waals surface area contributed by atoms with Crippen LogP contribution in [0, 0.1) is 5.92 Å². The van der Waals surface area contributed by atoms with E-state index in [4.69, 9.17) is 0 Å². The molecule has 0 aliphatic rings. The number of aromatic hydroxyl groups is 1. The van der Waals surface area contributed by atoms with Crippen LogP contribution in [0.15, 0.2) is 0 Å². The van der Waals surface area contributed by atoms with Crippen LogP contribution in [0.5, 0.6) is 5.75 Å². The molecule has 1 aromatic heterocycles. The highest BCUT2D eigenvalue weighted by atomic mass is 16.3. The van der Waals surface area contributed by atoms with Crippen LogP contribution in [-0.4, -0.2) is 14.9 Å². The summed E-state index contributed by atoms with van der Waals surface area (Å²) in [5, 5.41) is 14.3. The van der Waals surface area contributed by atoms with E-state index in [1.165, 1.54) is 0 Å². The molecular weight excluding hydrogens is 176 g/mol. The third-order valence-electron chi connectivity index (χ3n) is 2.31. The number of aryl methyl sites for hydroxylation is 1. The predicted octanol–water partition coefficient (Wildman–Crippen LogP) is 2.45. The molecule has 0 aliphatic carbocycles. The van der Waals surface area contributed by atoms with Crippen LogP contribution < -0.4 is 0 Å². The van der Waals surface area contributed by atoms with Gasteiger partial charge in [0.1, 0.15) is 5.69 Å². The van der Waals surface area contributed by atoms with Gasteiger partial charge in [0.25, 0.3) is 0 Å². The fourth-order valence-electron chi connectivity index (χ4n) is 1.57. The van der Waals surface area contributed by atoms with Gasteiger partial charge in [0.05, 0.1) is 5.69 Å². The number of nitrogens with zero attached hydrogens (tertiary/aromatic N) is 2. The van der Waals surface area contributed by atoms with E-state index in [-0.39, 0.29) is 5.92 Å². The highest BCUT2D eigenvalue weighted by molar-refractivity contribution is 5.34. The Morgan fingerprint density at radius 3 is 2.21 bits per heavy atom. The van der Waals surface area contributed by atoms with Gasteiger partial charge in [-0.2, -0.15) is 5.10 Å². The van der Waals surface area contributed by atoms with Gasteiger partial charge in [0, 0.05) is 13.0 Å². The molecule has 1 aromatic rings. The molecule has 0 fully saturated rings. The standard InChI is InChI=1S/C11H20N2O/c1-7(2)6-9-11(14)10(8(3)4)12-13(9)5/h7-8,14H,6H2,1-5H3. The highest BCUT2D eigenvalue weighted by Gasteiger charge is 2.17. The van der Waals surface area contributed by atoms with Crippen LogP contribution in [0.3, 0.4) is 0 Å². The van der Waals surface area contributed by atoms with Crippen LogP contribution in [0.2, 0.25) is 0 Å². The maximum absolute atomic E-state index is 9.95. The summed E-state index contributed by atoms with van der Waals surface area (Å²) in [4.78, 5) is 0. The van der Waals surface area contributed by atoms with Crippen LogP contribution in [0.1, 0.15) is 45.0 Å². The van der Waals surface area contributed by atoms with E-state index in [1.807, 2.05) is 20.9 Å². The number of hydrogen-bond acceptors (Lipinski definition) is 2. The zero-order valence-corrected chi connectivity index (χ0v) is 9.70. The second-order valence-corrected chi connectivity index (χ2v) is 4.56. The molecule has 0 bridgehead atoms. The lowest BCUT2D eigenvalue weighted by Crippen LogP contribution is -2.02. The van der Waals surface area contributed by atoms with Gasteiger partial charge >= 0.3 is 0 Å². The summed E-state index contributed by atoms with van der Waals surface area (Å²) in [6, 6.07) is 0. The van der Waals surface area contributed by atoms with E-state index in [2.05, 4.69) is 18.9 Å². The van der Waals surface area contributed by atoms with Crippen LogP contribution in [0.25, 0.3) is 0 Å². The molecule has 3 heteroatoms. The first-order chi connectivity index (χ1) is 6.43. The lowest BCUT2D eigenvalue weighted by molar-refractivity contribution is 0.450. The lowest BCUT2D eigenvalue weighted by Gasteiger charge is -2.05. The second kappa shape index (κ2) is 4.03. The molecule has 1 rings (SSSR count). The van der Waals surface area contributed by atoms with Crippen molar-refractivity contribution in [2.24, 2.45) is 13.0 Å². The largest absolute Gasteiger partial charge is 0.504 e. The van der Waals surface area contributed by atoms with E-state index in [0.29, 0.717) is 11.7 Å². The van der Waals surface area contributed by atoms with Gasteiger partial charge in [0.2, 0.25) is 0 Å². The summed E-state index contributed by atoms with van der Waals surface area (Å²) in [6.45, 7) is 8.37. The molecule has 0 atom stereocenters. The van der Waals surface area contributed by atoms with Crippen molar-refractivity contribution in [3.63, 3.8) is 0 Å². The molecule has 0 radical (unpaired) electrons. The molecule has 0 spiro atoms. The zero-order chi connectivity index (χ0) is 10.9. The first-order valence-electron chi connectivity index (χ1n) is 5.18. The molecule has 80 valence electrons. The lowest BCUT2D eigenvalue weighted by atomic mass is 10.0. The van der Waals surface area contributed by atoms with Crippen molar-refractivity contribution in [2.75, 3.05) is 0 Å². The number of rotatable bonds is 3. The molecule has 0 saturated heterocycles. The molecule has 0 aliphatic heterocycles. The minimum Gasteiger partial charge on any atom is -0.504 e. The van der Waals surface area contributed by atoms with Gasteiger partial charge in [-0.1, -0.05) is 27.7 Å². The van der Waals surface area contributed by atoms with E-state index < -0.39 is 0 Å². The summed E-state index contributed by atoms with van der Waals surface area (Å²) >= 11 is 0. The van der Waals surface area contributed by atoms with Crippen molar-refractivity contribution in [3.05, 3.63) is 11.4 Å². The van der Waals surface area contributed by atoms with Gasteiger partial charge in [-0.05, 0) is 12.3 Å². The summed E-state index contributed by atoms with van der Waals surface area (Å²) in [5.74, 6) is 1.20. The highest BCUT2D eigenvalue weighted by Crippen LogP contribution is 2.29. The summed E-state index contributed by atoms with van der Waals surface area (Å²) in [5.41, 5.74) is 1.76. The van der Waals surface area contributed by atoms with Gasteiger partial charge in [-0.25, -0.2) is 0 Å². The molecule has 0 unspecified atom stereocenters. The number of aromatic nitrogens is 2. The van der Waals surface area contributed by atoms with Crippen LogP contribution in [-0.2, 0) is 13.5 Å². The van der Waals surface area contributed by atoms with Gasteiger partial charge in [-0.15, -0.1) is 0 Å². The van der Waals surface area contributed by atoms with Crippen molar-refractivity contribution in [1.29, 1.82) is 0 Å². The van der Waals surface area contributed by atoms with Crippen LogP contribution >= 0.6 is 0 Å². The molecule has 14 heavy (non-hydrogen) atoms. The van der Waals surface area contributed by atoms with E-state index in [1.54, 1.807) is 4.68 Å². The molecular formula is C11H20N2O. The molecule has 0 saturated carbocycles. The van der Waals surface area contributed by atoms with Crippen molar-refractivity contribution in [3.8, 4) is 5.75 Å². The fraction of sp³-hybridized carbons (Fsp3) is 0.727. The third-order valence-corrected chi connectivity index (χ3v) is 2.31. The maximum Gasteiger partial charge on any atom is 0.160 e. The zero-order valence-electron chi connectivity index (χ0n) is 9.70. The smallest absolute Gasteiger partial charge is 0.160 e. The van der Waals surface area contributed by atoms with Crippen molar-refractivity contribution in [1.82, 2.24) is 9.78 Å². The molecule has 1 N–H and O–H groups in total. The fourth-order valence-corrected chi connectivity index (χ4v) is 1.57. The first-order valence-corrected chi connectivity index (χ1v) is 5.18. The third kappa shape index (κ3) is 2.08. The minimum atomic E-state index is 0.280. The molecule has 3 nitrogen and oxygen atoms in total. The Morgan fingerprint density at radius 1 is 1.29 bits per heavy atom. The van der Waals surface area contributed by atoms with E-state index in [0.717, 1.165) is 17.8 Å². The van der Waals surface area contributed by atoms with Crippen molar-refractivity contribution >= 4 is 0 Å². The maximum atomic E-state index is 9.95.